The molecule has 0 radical (unpaired) electrons. The van der Waals surface area contributed by atoms with E-state index in [4.69, 9.17) is 10.2 Å². The largest absolute Gasteiger partial charge is 0.481 e. The minimum Gasteiger partial charge on any atom is -0.481 e. The van der Waals surface area contributed by atoms with Crippen LogP contribution in [0.1, 0.15) is 97.8 Å². The Kier molecular flexibility index (Phi) is 17.7. The first-order valence-corrected chi connectivity index (χ1v) is 10.2. The fourth-order valence-electron chi connectivity index (χ4n) is 2.92. The molecule has 0 aromatic rings. The van der Waals surface area contributed by atoms with E-state index in [0.29, 0.717) is 0 Å². The van der Waals surface area contributed by atoms with Gasteiger partial charge in [-0.05, 0) is 13.3 Å². The predicted octanol–water partition coefficient (Wildman–Crippen LogP) is 6.94. The summed E-state index contributed by atoms with van der Waals surface area (Å²) in [5.41, 5.74) is -0.949. The van der Waals surface area contributed by atoms with Crippen molar-refractivity contribution in [1.82, 2.24) is 0 Å². The topological polar surface area (TPSA) is 74.6 Å². The lowest BCUT2D eigenvalue weighted by molar-refractivity contribution is -0.145. The van der Waals surface area contributed by atoms with Gasteiger partial charge in [-0.2, -0.15) is 0 Å². The van der Waals surface area contributed by atoms with Gasteiger partial charge in [0.05, 0.1) is 5.41 Å². The van der Waals surface area contributed by atoms with Crippen molar-refractivity contribution >= 4 is 28.9 Å². The third-order valence-corrected chi connectivity index (χ3v) is 4.79. The second-order valence-corrected chi connectivity index (χ2v) is 7.44. The summed E-state index contributed by atoms with van der Waals surface area (Å²) in [5.74, 6) is -2.06. The van der Waals surface area contributed by atoms with Crippen LogP contribution in [0.2, 0.25) is 0 Å². The molecule has 0 aromatic heterocycles. The number of hydrogen-bond acceptors (Lipinski definition) is 2. The van der Waals surface area contributed by atoms with E-state index >= 15 is 0 Å². The normalized spacial score (nSPS) is 18.0. The summed E-state index contributed by atoms with van der Waals surface area (Å²) in [6, 6.07) is 0. The van der Waals surface area contributed by atoms with E-state index in [0.717, 1.165) is 0 Å². The highest BCUT2D eigenvalue weighted by Crippen LogP contribution is 2.31. The van der Waals surface area contributed by atoms with Gasteiger partial charge in [0, 0.05) is 5.57 Å². The number of carboxylic acid groups (broad SMARTS) is 2. The van der Waals surface area contributed by atoms with Crippen molar-refractivity contribution in [2.45, 2.75) is 97.8 Å². The standard InChI is InChI=1S/C13H28.C9H10O4.BrH/c1-3-5-7-9-11-13-12-10-8-6-4-2;1-9(8(12)13)4-2-3-6(5-9)7(10)11;/h3-13H2,1-2H3;2-4H,5H2,1H3,(H,10,11)(H,12,13);1H/t;9-;/m.0./s1. The zero-order chi connectivity index (χ0) is 19.8. The van der Waals surface area contributed by atoms with Gasteiger partial charge in [0.1, 0.15) is 0 Å². The van der Waals surface area contributed by atoms with Crippen LogP contribution in [-0.4, -0.2) is 22.2 Å². The number of aliphatic carboxylic acids is 2. The van der Waals surface area contributed by atoms with Crippen LogP contribution in [0, 0.1) is 5.41 Å². The molecule has 0 bridgehead atoms. The molecule has 0 spiro atoms. The molecule has 0 saturated heterocycles. The van der Waals surface area contributed by atoms with Crippen molar-refractivity contribution in [3.8, 4) is 0 Å². The summed E-state index contributed by atoms with van der Waals surface area (Å²) in [4.78, 5) is 21.3. The van der Waals surface area contributed by atoms with E-state index in [1.54, 1.807) is 0 Å². The number of carboxylic acids is 2. The maximum absolute atomic E-state index is 10.8. The van der Waals surface area contributed by atoms with Gasteiger partial charge in [0.2, 0.25) is 0 Å². The lowest BCUT2D eigenvalue weighted by atomic mass is 9.80. The molecule has 0 unspecified atom stereocenters. The second-order valence-electron chi connectivity index (χ2n) is 7.44. The van der Waals surface area contributed by atoms with E-state index in [1.807, 2.05) is 0 Å². The Labute approximate surface area is 175 Å². The maximum atomic E-state index is 10.8. The summed E-state index contributed by atoms with van der Waals surface area (Å²) in [6.45, 7) is 6.07. The summed E-state index contributed by atoms with van der Waals surface area (Å²) < 4.78 is 0. The molecule has 0 aromatic carbocycles. The SMILES string of the molecule is Br.CCCCCCCCCCCCC.C[C@]1(C(=O)O)C=CC=C(C(=O)O)C1. The summed E-state index contributed by atoms with van der Waals surface area (Å²) in [5, 5.41) is 17.5. The highest BCUT2D eigenvalue weighted by Gasteiger charge is 2.34. The minimum atomic E-state index is -1.08. The summed E-state index contributed by atoms with van der Waals surface area (Å²) >= 11 is 0. The van der Waals surface area contributed by atoms with Crippen LogP contribution in [0.4, 0.5) is 0 Å². The van der Waals surface area contributed by atoms with Gasteiger partial charge in [0.25, 0.3) is 0 Å². The Morgan fingerprint density at radius 2 is 1.30 bits per heavy atom. The van der Waals surface area contributed by atoms with E-state index in [2.05, 4.69) is 13.8 Å². The van der Waals surface area contributed by atoms with Crippen molar-refractivity contribution in [3.63, 3.8) is 0 Å². The lowest BCUT2D eigenvalue weighted by Crippen LogP contribution is -2.28. The molecule has 5 heteroatoms. The number of carbonyl (C=O) groups is 2. The molecule has 0 amide bonds. The smallest absolute Gasteiger partial charge is 0.331 e. The van der Waals surface area contributed by atoms with Crippen LogP contribution in [0.15, 0.2) is 23.8 Å². The van der Waals surface area contributed by atoms with Crippen LogP contribution in [0.5, 0.6) is 0 Å². The van der Waals surface area contributed by atoms with Crippen molar-refractivity contribution in [2.75, 3.05) is 0 Å². The van der Waals surface area contributed by atoms with Crippen molar-refractivity contribution in [3.05, 3.63) is 23.8 Å². The quantitative estimate of drug-likeness (QED) is 0.318. The number of allylic oxidation sites excluding steroid dienone is 2. The molecule has 1 aliphatic carbocycles. The van der Waals surface area contributed by atoms with Crippen LogP contribution in [0.25, 0.3) is 0 Å². The van der Waals surface area contributed by atoms with Gasteiger partial charge < -0.3 is 10.2 Å². The second kappa shape index (κ2) is 17.0. The number of halogens is 1. The first-order valence-electron chi connectivity index (χ1n) is 10.2. The Morgan fingerprint density at radius 3 is 1.63 bits per heavy atom. The fraction of sp³-hybridized carbons (Fsp3) is 0.727. The van der Waals surface area contributed by atoms with Gasteiger partial charge in [-0.25, -0.2) is 4.79 Å². The van der Waals surface area contributed by atoms with Crippen LogP contribution >= 0.6 is 17.0 Å². The van der Waals surface area contributed by atoms with Gasteiger partial charge in [-0.15, -0.1) is 17.0 Å². The highest BCUT2D eigenvalue weighted by atomic mass is 79.9. The van der Waals surface area contributed by atoms with Crippen molar-refractivity contribution in [2.24, 2.45) is 5.41 Å². The Morgan fingerprint density at radius 1 is 0.889 bits per heavy atom. The van der Waals surface area contributed by atoms with Gasteiger partial charge >= 0.3 is 11.9 Å². The predicted molar refractivity (Wildman–Crippen MR) is 118 cm³/mol. The van der Waals surface area contributed by atoms with Gasteiger partial charge in [0.15, 0.2) is 0 Å². The molecule has 27 heavy (non-hydrogen) atoms. The third kappa shape index (κ3) is 13.7. The number of unbranched alkanes of at least 4 members (excludes halogenated alkanes) is 10. The molecule has 0 aliphatic heterocycles. The Bertz CT molecular complexity index is 461. The van der Waals surface area contributed by atoms with E-state index in [-0.39, 0.29) is 29.0 Å². The highest BCUT2D eigenvalue weighted by molar-refractivity contribution is 8.93. The summed E-state index contributed by atoms with van der Waals surface area (Å²) in [7, 11) is 0. The molecular formula is C22H39BrO4. The monoisotopic (exact) mass is 446 g/mol. The molecule has 0 fully saturated rings. The molecule has 1 atom stereocenters. The molecule has 2 N–H and O–H groups in total. The third-order valence-electron chi connectivity index (χ3n) is 4.79. The van der Waals surface area contributed by atoms with Gasteiger partial charge in [-0.3, -0.25) is 4.79 Å². The minimum absolute atomic E-state index is 0. The number of hydrogen-bond donors (Lipinski definition) is 2. The van der Waals surface area contributed by atoms with Gasteiger partial charge in [-0.1, -0.05) is 103 Å². The molecule has 158 valence electrons. The molecule has 4 nitrogen and oxygen atoms in total. The average Bonchev–Trinajstić information content (AvgIpc) is 2.61. The van der Waals surface area contributed by atoms with Crippen LogP contribution < -0.4 is 0 Å². The maximum Gasteiger partial charge on any atom is 0.331 e. The lowest BCUT2D eigenvalue weighted by Gasteiger charge is -2.23. The van der Waals surface area contributed by atoms with Crippen LogP contribution in [0.3, 0.4) is 0 Å². The summed E-state index contributed by atoms with van der Waals surface area (Å²) in [6.07, 6.45) is 20.4. The van der Waals surface area contributed by atoms with E-state index in [9.17, 15) is 9.59 Å². The Balaban J connectivity index is 0. The molecule has 1 aliphatic rings. The zero-order valence-electron chi connectivity index (χ0n) is 17.3. The Hall–Kier alpha value is -1.10. The van der Waals surface area contributed by atoms with E-state index < -0.39 is 17.4 Å². The van der Waals surface area contributed by atoms with Crippen molar-refractivity contribution in [1.29, 1.82) is 0 Å². The molecule has 0 saturated carbocycles. The number of rotatable bonds is 12. The molecular weight excluding hydrogens is 408 g/mol. The first-order chi connectivity index (χ1) is 12.4. The van der Waals surface area contributed by atoms with E-state index in [1.165, 1.54) is 95.8 Å². The van der Waals surface area contributed by atoms with Crippen molar-refractivity contribution < 1.29 is 19.8 Å². The fourth-order valence-corrected chi connectivity index (χ4v) is 2.92. The molecule has 0 heterocycles. The molecule has 1 rings (SSSR count). The van der Waals surface area contributed by atoms with Crippen LogP contribution in [-0.2, 0) is 9.59 Å². The first kappa shape index (κ1) is 28.1. The average molecular weight is 447 g/mol. The zero-order valence-corrected chi connectivity index (χ0v) is 19.0.